The van der Waals surface area contributed by atoms with Crippen molar-refractivity contribution in [2.75, 3.05) is 11.4 Å². The fourth-order valence-corrected chi connectivity index (χ4v) is 1.71. The standard InChI is InChI=1S/C12H11BrFN3/c1-2-17(11-5-3-10(14)4-6-11)12-15-7-9(13)8-16-12/h3-8H,2H2,1H3. The summed E-state index contributed by atoms with van der Waals surface area (Å²) in [5.74, 6) is 0.351. The number of hydrogen-bond acceptors (Lipinski definition) is 3. The topological polar surface area (TPSA) is 29.0 Å². The average molecular weight is 296 g/mol. The van der Waals surface area contributed by atoms with Crippen molar-refractivity contribution in [2.24, 2.45) is 0 Å². The van der Waals surface area contributed by atoms with Crippen LogP contribution in [0.4, 0.5) is 16.0 Å². The molecule has 0 saturated carbocycles. The van der Waals surface area contributed by atoms with Gasteiger partial charge in [0.2, 0.25) is 5.95 Å². The van der Waals surface area contributed by atoms with E-state index in [4.69, 9.17) is 0 Å². The van der Waals surface area contributed by atoms with Crippen LogP contribution in [0.25, 0.3) is 0 Å². The summed E-state index contributed by atoms with van der Waals surface area (Å²) in [7, 11) is 0. The minimum atomic E-state index is -0.249. The molecular weight excluding hydrogens is 285 g/mol. The van der Waals surface area contributed by atoms with Crippen molar-refractivity contribution < 1.29 is 4.39 Å². The van der Waals surface area contributed by atoms with E-state index in [2.05, 4.69) is 25.9 Å². The van der Waals surface area contributed by atoms with E-state index in [-0.39, 0.29) is 5.82 Å². The molecule has 0 unspecified atom stereocenters. The summed E-state index contributed by atoms with van der Waals surface area (Å²) >= 11 is 3.29. The molecule has 0 saturated heterocycles. The van der Waals surface area contributed by atoms with Crippen LogP contribution in [0.2, 0.25) is 0 Å². The van der Waals surface area contributed by atoms with Crippen molar-refractivity contribution in [1.82, 2.24) is 9.97 Å². The highest BCUT2D eigenvalue weighted by Crippen LogP contribution is 2.22. The Hall–Kier alpha value is -1.49. The number of halogens is 2. The summed E-state index contributed by atoms with van der Waals surface area (Å²) in [5.41, 5.74) is 0.872. The molecule has 0 amide bonds. The predicted molar refractivity (Wildman–Crippen MR) is 68.8 cm³/mol. The zero-order valence-corrected chi connectivity index (χ0v) is 10.9. The highest BCUT2D eigenvalue weighted by Gasteiger charge is 2.09. The Kier molecular flexibility index (Phi) is 3.68. The summed E-state index contributed by atoms with van der Waals surface area (Å²) in [6.45, 7) is 2.71. The van der Waals surface area contributed by atoms with Crippen LogP contribution in [0.5, 0.6) is 0 Å². The summed E-state index contributed by atoms with van der Waals surface area (Å²) in [6.07, 6.45) is 3.38. The first-order chi connectivity index (χ1) is 8.20. The quantitative estimate of drug-likeness (QED) is 0.867. The van der Waals surface area contributed by atoms with Crippen LogP contribution in [0.15, 0.2) is 41.1 Å². The molecule has 0 N–H and O–H groups in total. The number of benzene rings is 1. The molecule has 0 bridgehead atoms. The molecule has 2 aromatic rings. The van der Waals surface area contributed by atoms with E-state index in [1.807, 2.05) is 11.8 Å². The largest absolute Gasteiger partial charge is 0.311 e. The zero-order chi connectivity index (χ0) is 12.3. The number of rotatable bonds is 3. The van der Waals surface area contributed by atoms with Crippen LogP contribution in [-0.2, 0) is 0 Å². The van der Waals surface area contributed by atoms with Gasteiger partial charge >= 0.3 is 0 Å². The van der Waals surface area contributed by atoms with Gasteiger partial charge in [0.1, 0.15) is 5.82 Å². The van der Waals surface area contributed by atoms with Gasteiger partial charge in [0.15, 0.2) is 0 Å². The van der Waals surface area contributed by atoms with Crippen LogP contribution in [0, 0.1) is 5.82 Å². The minimum Gasteiger partial charge on any atom is -0.311 e. The Morgan fingerprint density at radius 2 is 1.76 bits per heavy atom. The number of nitrogens with zero attached hydrogens (tertiary/aromatic N) is 3. The maximum absolute atomic E-state index is 12.9. The Morgan fingerprint density at radius 3 is 2.29 bits per heavy atom. The molecule has 88 valence electrons. The van der Waals surface area contributed by atoms with Crippen molar-refractivity contribution >= 4 is 27.6 Å². The van der Waals surface area contributed by atoms with Crippen LogP contribution >= 0.6 is 15.9 Å². The lowest BCUT2D eigenvalue weighted by molar-refractivity contribution is 0.627. The molecule has 2 rings (SSSR count). The third-order valence-corrected chi connectivity index (χ3v) is 2.71. The van der Waals surface area contributed by atoms with Gasteiger partial charge in [-0.05, 0) is 47.1 Å². The van der Waals surface area contributed by atoms with E-state index in [0.29, 0.717) is 12.5 Å². The molecule has 1 aromatic heterocycles. The van der Waals surface area contributed by atoms with Gasteiger partial charge in [0.25, 0.3) is 0 Å². The van der Waals surface area contributed by atoms with Gasteiger partial charge in [0, 0.05) is 24.6 Å². The van der Waals surface area contributed by atoms with E-state index in [0.717, 1.165) is 10.2 Å². The fourth-order valence-electron chi connectivity index (χ4n) is 1.51. The first-order valence-electron chi connectivity index (χ1n) is 5.21. The lowest BCUT2D eigenvalue weighted by Crippen LogP contribution is -2.18. The summed E-state index contributed by atoms with van der Waals surface area (Å²) in [6, 6.07) is 6.28. The Balaban J connectivity index is 2.33. The number of aromatic nitrogens is 2. The maximum Gasteiger partial charge on any atom is 0.229 e. The van der Waals surface area contributed by atoms with Crippen LogP contribution in [-0.4, -0.2) is 16.5 Å². The van der Waals surface area contributed by atoms with Crippen molar-refractivity contribution in [1.29, 1.82) is 0 Å². The van der Waals surface area contributed by atoms with E-state index in [1.54, 1.807) is 24.5 Å². The molecule has 0 aliphatic rings. The van der Waals surface area contributed by atoms with Gasteiger partial charge in [-0.2, -0.15) is 0 Å². The Morgan fingerprint density at radius 1 is 1.18 bits per heavy atom. The number of anilines is 2. The number of hydrogen-bond donors (Lipinski definition) is 0. The van der Waals surface area contributed by atoms with Gasteiger partial charge in [-0.15, -0.1) is 0 Å². The van der Waals surface area contributed by atoms with E-state index in [9.17, 15) is 4.39 Å². The summed E-state index contributed by atoms with van der Waals surface area (Å²) in [4.78, 5) is 10.4. The van der Waals surface area contributed by atoms with E-state index in [1.165, 1.54) is 12.1 Å². The molecule has 17 heavy (non-hydrogen) atoms. The molecule has 5 heteroatoms. The monoisotopic (exact) mass is 295 g/mol. The molecule has 1 aromatic carbocycles. The Bertz CT molecular complexity index is 439. The molecule has 0 aliphatic heterocycles. The Labute approximate surface area is 107 Å². The highest BCUT2D eigenvalue weighted by atomic mass is 79.9. The van der Waals surface area contributed by atoms with Gasteiger partial charge in [-0.25, -0.2) is 14.4 Å². The normalized spacial score (nSPS) is 10.3. The third-order valence-electron chi connectivity index (χ3n) is 2.30. The van der Waals surface area contributed by atoms with Crippen LogP contribution in [0.1, 0.15) is 6.92 Å². The first-order valence-corrected chi connectivity index (χ1v) is 6.00. The molecule has 0 fully saturated rings. The van der Waals surface area contributed by atoms with Crippen molar-refractivity contribution in [2.45, 2.75) is 6.92 Å². The van der Waals surface area contributed by atoms with E-state index >= 15 is 0 Å². The maximum atomic E-state index is 12.9. The van der Waals surface area contributed by atoms with Gasteiger partial charge in [-0.1, -0.05) is 0 Å². The second-order valence-corrected chi connectivity index (χ2v) is 4.34. The van der Waals surface area contributed by atoms with Crippen molar-refractivity contribution in [3.63, 3.8) is 0 Å². The van der Waals surface area contributed by atoms with Crippen LogP contribution < -0.4 is 4.90 Å². The SMILES string of the molecule is CCN(c1ccc(F)cc1)c1ncc(Br)cn1. The second-order valence-electron chi connectivity index (χ2n) is 3.42. The van der Waals surface area contributed by atoms with Gasteiger partial charge in [0.05, 0.1) is 4.47 Å². The van der Waals surface area contributed by atoms with Crippen molar-refractivity contribution in [3.8, 4) is 0 Å². The van der Waals surface area contributed by atoms with E-state index < -0.39 is 0 Å². The average Bonchev–Trinajstić information content (AvgIpc) is 2.35. The lowest BCUT2D eigenvalue weighted by atomic mass is 10.3. The predicted octanol–water partition coefficient (Wildman–Crippen LogP) is 3.54. The molecule has 0 aliphatic carbocycles. The molecule has 0 radical (unpaired) electrons. The third kappa shape index (κ3) is 2.79. The van der Waals surface area contributed by atoms with Crippen molar-refractivity contribution in [3.05, 3.63) is 46.9 Å². The summed E-state index contributed by atoms with van der Waals surface area (Å²) < 4.78 is 13.7. The molecule has 3 nitrogen and oxygen atoms in total. The molecule has 0 atom stereocenters. The fraction of sp³-hybridized carbons (Fsp3) is 0.167. The van der Waals surface area contributed by atoms with Gasteiger partial charge in [-0.3, -0.25) is 0 Å². The highest BCUT2D eigenvalue weighted by molar-refractivity contribution is 9.10. The zero-order valence-electron chi connectivity index (χ0n) is 9.27. The lowest BCUT2D eigenvalue weighted by Gasteiger charge is -2.20. The molecular formula is C12H11BrFN3. The van der Waals surface area contributed by atoms with Gasteiger partial charge < -0.3 is 4.90 Å². The minimum absolute atomic E-state index is 0.249. The van der Waals surface area contributed by atoms with Crippen LogP contribution in [0.3, 0.4) is 0 Å². The molecule has 1 heterocycles. The smallest absolute Gasteiger partial charge is 0.229 e. The molecule has 0 spiro atoms. The first kappa shape index (κ1) is 12.0. The summed E-state index contributed by atoms with van der Waals surface area (Å²) in [5, 5.41) is 0. The second kappa shape index (κ2) is 5.23.